The van der Waals surface area contributed by atoms with Crippen molar-refractivity contribution in [2.24, 2.45) is 0 Å². The molecule has 1 fully saturated rings. The third-order valence-corrected chi connectivity index (χ3v) is 5.44. The van der Waals surface area contributed by atoms with Crippen molar-refractivity contribution >= 4 is 21.9 Å². The molecule has 1 aromatic heterocycles. The Bertz CT molecular complexity index is 712. The van der Waals surface area contributed by atoms with Crippen LogP contribution in [0.5, 0.6) is 0 Å². The molecule has 1 amide bonds. The summed E-state index contributed by atoms with van der Waals surface area (Å²) in [7, 11) is -2.68. The fourth-order valence-corrected chi connectivity index (χ4v) is 3.30. The first-order chi connectivity index (χ1) is 10.7. The van der Waals surface area contributed by atoms with Gasteiger partial charge < -0.3 is 10.0 Å². The molecule has 0 saturated carbocycles. The summed E-state index contributed by atoms with van der Waals surface area (Å²) in [5.41, 5.74) is -2.48. The third kappa shape index (κ3) is 3.48. The maximum absolute atomic E-state index is 13.9. The number of carbonyl (C=O) groups is 2. The molecule has 1 unspecified atom stereocenters. The minimum atomic E-state index is -3.90. The summed E-state index contributed by atoms with van der Waals surface area (Å²) in [5.74, 6) is -2.27. The van der Waals surface area contributed by atoms with Gasteiger partial charge in [-0.2, -0.15) is 4.31 Å². The standard InChI is InChI=1S/C13H16FN3O5S/c1-16(23(21,22)10-3-2-5-15-7-10)8-11(18)17-6-4-13(14,9-17)12(19)20/h2-3,5,7H,4,6,8-9H2,1H3,(H,19,20). The zero-order valence-electron chi connectivity index (χ0n) is 12.3. The number of sulfonamides is 1. The van der Waals surface area contributed by atoms with Crippen molar-refractivity contribution in [2.75, 3.05) is 26.7 Å². The molecule has 23 heavy (non-hydrogen) atoms. The molecule has 0 aliphatic carbocycles. The zero-order valence-corrected chi connectivity index (χ0v) is 13.2. The zero-order chi connectivity index (χ0) is 17.3. The average Bonchev–Trinajstić information content (AvgIpc) is 2.92. The van der Waals surface area contributed by atoms with E-state index in [0.717, 1.165) is 15.4 Å². The van der Waals surface area contributed by atoms with Crippen molar-refractivity contribution in [2.45, 2.75) is 17.0 Å². The van der Waals surface area contributed by atoms with Gasteiger partial charge in [-0.15, -0.1) is 0 Å². The van der Waals surface area contributed by atoms with E-state index in [2.05, 4.69) is 4.98 Å². The number of carboxylic acid groups (broad SMARTS) is 1. The summed E-state index contributed by atoms with van der Waals surface area (Å²) in [4.78, 5) is 27.6. The number of hydrogen-bond acceptors (Lipinski definition) is 5. The Morgan fingerprint density at radius 1 is 1.52 bits per heavy atom. The van der Waals surface area contributed by atoms with Gasteiger partial charge in [-0.05, 0) is 12.1 Å². The highest BCUT2D eigenvalue weighted by Crippen LogP contribution is 2.26. The van der Waals surface area contributed by atoms with E-state index in [1.165, 1.54) is 25.4 Å². The monoisotopic (exact) mass is 345 g/mol. The number of carbonyl (C=O) groups excluding carboxylic acids is 1. The Morgan fingerprint density at radius 2 is 2.22 bits per heavy atom. The number of alkyl halides is 1. The van der Waals surface area contributed by atoms with Gasteiger partial charge in [0.25, 0.3) is 0 Å². The fourth-order valence-electron chi connectivity index (χ4n) is 2.22. The number of hydrogen-bond donors (Lipinski definition) is 1. The molecule has 1 aliphatic rings. The van der Waals surface area contributed by atoms with E-state index in [9.17, 15) is 22.4 Å². The highest BCUT2D eigenvalue weighted by molar-refractivity contribution is 7.89. The lowest BCUT2D eigenvalue weighted by molar-refractivity contribution is -0.150. The lowest BCUT2D eigenvalue weighted by Crippen LogP contribution is -2.43. The topological polar surface area (TPSA) is 108 Å². The van der Waals surface area contributed by atoms with Gasteiger partial charge in [-0.25, -0.2) is 17.6 Å². The molecule has 1 atom stereocenters. The molecule has 2 rings (SSSR count). The lowest BCUT2D eigenvalue weighted by Gasteiger charge is -2.21. The quantitative estimate of drug-likeness (QED) is 0.787. The van der Waals surface area contributed by atoms with Crippen molar-refractivity contribution in [3.63, 3.8) is 0 Å². The third-order valence-electron chi connectivity index (χ3n) is 3.66. The molecule has 1 saturated heterocycles. The first-order valence-corrected chi connectivity index (χ1v) is 8.17. The first kappa shape index (κ1) is 17.3. The van der Waals surface area contributed by atoms with E-state index in [1.54, 1.807) is 0 Å². The van der Waals surface area contributed by atoms with Gasteiger partial charge in [0.2, 0.25) is 21.6 Å². The van der Waals surface area contributed by atoms with Crippen LogP contribution in [0.4, 0.5) is 4.39 Å². The normalized spacial score (nSPS) is 21.6. The van der Waals surface area contributed by atoms with Crippen LogP contribution in [0.3, 0.4) is 0 Å². The maximum atomic E-state index is 13.9. The molecule has 10 heteroatoms. The smallest absolute Gasteiger partial charge is 0.343 e. The van der Waals surface area contributed by atoms with Crippen LogP contribution in [0.1, 0.15) is 6.42 Å². The molecule has 2 heterocycles. The molecule has 0 bridgehead atoms. The Kier molecular flexibility index (Phi) is 4.66. The van der Waals surface area contributed by atoms with E-state index < -0.39 is 40.7 Å². The molecule has 126 valence electrons. The van der Waals surface area contributed by atoms with E-state index in [1.807, 2.05) is 0 Å². The first-order valence-electron chi connectivity index (χ1n) is 6.73. The van der Waals surface area contributed by atoms with Crippen LogP contribution in [0.2, 0.25) is 0 Å². The Labute approximate surface area is 132 Å². The number of aromatic nitrogens is 1. The summed E-state index contributed by atoms with van der Waals surface area (Å²) in [6.45, 7) is -1.16. The number of rotatable bonds is 5. The van der Waals surface area contributed by atoms with Crippen molar-refractivity contribution in [3.8, 4) is 0 Å². The van der Waals surface area contributed by atoms with Crippen molar-refractivity contribution in [1.82, 2.24) is 14.2 Å². The van der Waals surface area contributed by atoms with Gasteiger partial charge in [0.15, 0.2) is 0 Å². The van der Waals surface area contributed by atoms with Gasteiger partial charge in [-0.3, -0.25) is 9.78 Å². The van der Waals surface area contributed by atoms with E-state index in [-0.39, 0.29) is 17.9 Å². The number of halogens is 1. The van der Waals surface area contributed by atoms with Gasteiger partial charge in [-0.1, -0.05) is 0 Å². The minimum absolute atomic E-state index is 0.0671. The summed E-state index contributed by atoms with van der Waals surface area (Å²) < 4.78 is 39.3. The van der Waals surface area contributed by atoms with Gasteiger partial charge >= 0.3 is 5.97 Å². The largest absolute Gasteiger partial charge is 0.479 e. The van der Waals surface area contributed by atoms with Gasteiger partial charge in [0.1, 0.15) is 4.90 Å². The number of likely N-dealkylation sites (tertiary alicyclic amines) is 1. The predicted molar refractivity (Wildman–Crippen MR) is 76.7 cm³/mol. The summed E-state index contributed by atoms with van der Waals surface area (Å²) in [6.07, 6.45) is 2.26. The van der Waals surface area contributed by atoms with Crippen LogP contribution < -0.4 is 0 Å². The second-order valence-electron chi connectivity index (χ2n) is 5.29. The average molecular weight is 345 g/mol. The van der Waals surface area contributed by atoms with Gasteiger partial charge in [0, 0.05) is 32.4 Å². The molecular formula is C13H16FN3O5S. The SMILES string of the molecule is CN(CC(=O)N1CCC(F)(C(=O)O)C1)S(=O)(=O)c1cccnc1. The predicted octanol–water partition coefficient (Wildman–Crippen LogP) is -0.273. The number of carboxylic acids is 1. The Balaban J connectivity index is 2.05. The van der Waals surface area contributed by atoms with Gasteiger partial charge in [0.05, 0.1) is 13.1 Å². The second-order valence-corrected chi connectivity index (χ2v) is 7.33. The number of nitrogens with zero attached hydrogens (tertiary/aromatic N) is 3. The van der Waals surface area contributed by atoms with Crippen molar-refractivity contribution < 1.29 is 27.5 Å². The molecule has 1 aliphatic heterocycles. The van der Waals surface area contributed by atoms with Crippen LogP contribution in [-0.2, 0) is 19.6 Å². The maximum Gasteiger partial charge on any atom is 0.343 e. The molecule has 0 aromatic carbocycles. The molecule has 1 N–H and O–H groups in total. The van der Waals surface area contributed by atoms with Crippen LogP contribution in [0, 0.1) is 0 Å². The second kappa shape index (κ2) is 6.20. The summed E-state index contributed by atoms with van der Waals surface area (Å²) in [5, 5.41) is 8.81. The molecular weight excluding hydrogens is 329 g/mol. The minimum Gasteiger partial charge on any atom is -0.479 e. The summed E-state index contributed by atoms with van der Waals surface area (Å²) >= 11 is 0. The molecule has 1 aromatic rings. The van der Waals surface area contributed by atoms with Crippen molar-refractivity contribution in [1.29, 1.82) is 0 Å². The van der Waals surface area contributed by atoms with Crippen LogP contribution in [0.15, 0.2) is 29.4 Å². The summed E-state index contributed by atoms with van der Waals surface area (Å²) in [6, 6.07) is 2.80. The fraction of sp³-hybridized carbons (Fsp3) is 0.462. The number of pyridine rings is 1. The van der Waals surface area contributed by atoms with Crippen LogP contribution in [0.25, 0.3) is 0 Å². The van der Waals surface area contributed by atoms with E-state index >= 15 is 0 Å². The highest BCUT2D eigenvalue weighted by Gasteiger charge is 2.47. The van der Waals surface area contributed by atoms with E-state index in [4.69, 9.17) is 5.11 Å². The lowest BCUT2D eigenvalue weighted by atomic mass is 10.1. The Morgan fingerprint density at radius 3 is 2.74 bits per heavy atom. The molecule has 0 radical (unpaired) electrons. The molecule has 0 spiro atoms. The Hall–Kier alpha value is -2.07. The highest BCUT2D eigenvalue weighted by atomic mass is 32.2. The molecule has 8 nitrogen and oxygen atoms in total. The number of amides is 1. The van der Waals surface area contributed by atoms with Crippen molar-refractivity contribution in [3.05, 3.63) is 24.5 Å². The van der Waals surface area contributed by atoms with E-state index in [0.29, 0.717) is 0 Å². The number of aliphatic carboxylic acids is 1. The number of likely N-dealkylation sites (N-methyl/N-ethyl adjacent to an activating group) is 1. The van der Waals surface area contributed by atoms with Crippen LogP contribution >= 0.6 is 0 Å². The van der Waals surface area contributed by atoms with Crippen LogP contribution in [-0.4, -0.2) is 71.9 Å².